The van der Waals surface area contributed by atoms with E-state index in [1.54, 1.807) is 7.11 Å². The Morgan fingerprint density at radius 2 is 2.12 bits per heavy atom. The van der Waals surface area contributed by atoms with E-state index < -0.39 is 0 Å². The Morgan fingerprint density at radius 3 is 2.62 bits per heavy atom. The van der Waals surface area contributed by atoms with Gasteiger partial charge in [0, 0.05) is 20.2 Å². The molecule has 1 aliphatic heterocycles. The summed E-state index contributed by atoms with van der Waals surface area (Å²) in [5, 5.41) is 3.01. The molecule has 0 aliphatic carbocycles. The van der Waals surface area contributed by atoms with Gasteiger partial charge in [0.05, 0.1) is 12.6 Å². The Balaban J connectivity index is 2.33. The van der Waals surface area contributed by atoms with Gasteiger partial charge in [-0.15, -0.1) is 0 Å². The topological polar surface area (TPSA) is 41.6 Å². The molecule has 1 unspecified atom stereocenters. The first-order valence-electron chi connectivity index (χ1n) is 6.21. The largest absolute Gasteiger partial charge is 0.383 e. The Bertz CT molecular complexity index is 213. The predicted octanol–water partition coefficient (Wildman–Crippen LogP) is 1.85. The lowest BCUT2D eigenvalue weighted by atomic mass is 10.00. The first-order chi connectivity index (χ1) is 7.67. The fraction of sp³-hybridized carbons (Fsp3) is 0.917. The maximum atomic E-state index is 11.9. The molecule has 4 nitrogen and oxygen atoms in total. The number of carbonyl (C=O) groups excluding carboxylic acids is 1. The highest BCUT2D eigenvalue weighted by Crippen LogP contribution is 2.15. The molecule has 2 amide bonds. The minimum atomic E-state index is 0.0656. The molecule has 0 radical (unpaired) electrons. The van der Waals surface area contributed by atoms with Gasteiger partial charge in [-0.1, -0.05) is 13.8 Å². The van der Waals surface area contributed by atoms with Crippen LogP contribution in [0, 0.1) is 5.92 Å². The molecular weight excluding hydrogens is 204 g/mol. The van der Waals surface area contributed by atoms with E-state index in [1.807, 2.05) is 4.90 Å². The van der Waals surface area contributed by atoms with E-state index in [0.717, 1.165) is 38.3 Å². The van der Waals surface area contributed by atoms with Crippen molar-refractivity contribution in [1.82, 2.24) is 10.2 Å². The van der Waals surface area contributed by atoms with Crippen LogP contribution < -0.4 is 5.32 Å². The zero-order valence-electron chi connectivity index (χ0n) is 10.7. The summed E-state index contributed by atoms with van der Waals surface area (Å²) in [7, 11) is 1.66. The molecule has 1 N–H and O–H groups in total. The van der Waals surface area contributed by atoms with E-state index in [1.165, 1.54) is 0 Å². The molecule has 1 saturated heterocycles. The summed E-state index contributed by atoms with van der Waals surface area (Å²) in [6, 6.07) is 0.202. The van der Waals surface area contributed by atoms with E-state index in [2.05, 4.69) is 19.2 Å². The van der Waals surface area contributed by atoms with E-state index in [9.17, 15) is 4.79 Å². The first kappa shape index (κ1) is 13.3. The molecule has 0 saturated carbocycles. The predicted molar refractivity (Wildman–Crippen MR) is 64.5 cm³/mol. The minimum absolute atomic E-state index is 0.0656. The van der Waals surface area contributed by atoms with Crippen LogP contribution in [0.3, 0.4) is 0 Å². The van der Waals surface area contributed by atoms with Crippen molar-refractivity contribution < 1.29 is 9.53 Å². The highest BCUT2D eigenvalue weighted by Gasteiger charge is 2.21. The number of hydrogen-bond donors (Lipinski definition) is 1. The van der Waals surface area contributed by atoms with Gasteiger partial charge in [-0.05, 0) is 25.2 Å². The maximum absolute atomic E-state index is 11.9. The second kappa shape index (κ2) is 6.74. The van der Waals surface area contributed by atoms with E-state index in [-0.39, 0.29) is 12.1 Å². The molecule has 1 atom stereocenters. The quantitative estimate of drug-likeness (QED) is 0.798. The second-order valence-corrected chi connectivity index (χ2v) is 4.68. The van der Waals surface area contributed by atoms with Crippen LogP contribution in [0.25, 0.3) is 0 Å². The lowest BCUT2D eigenvalue weighted by Crippen LogP contribution is -2.48. The van der Waals surface area contributed by atoms with Gasteiger partial charge in [0.1, 0.15) is 0 Å². The van der Waals surface area contributed by atoms with Crippen molar-refractivity contribution in [3.05, 3.63) is 0 Å². The maximum Gasteiger partial charge on any atom is 0.317 e. The lowest BCUT2D eigenvalue weighted by molar-refractivity contribution is 0.144. The molecule has 0 aromatic carbocycles. The van der Waals surface area contributed by atoms with Gasteiger partial charge in [-0.25, -0.2) is 4.79 Å². The molecular formula is C12H24N2O2. The van der Waals surface area contributed by atoms with E-state index >= 15 is 0 Å². The van der Waals surface area contributed by atoms with Gasteiger partial charge in [0.25, 0.3) is 0 Å². The average molecular weight is 228 g/mol. The zero-order chi connectivity index (χ0) is 12.0. The summed E-state index contributed by atoms with van der Waals surface area (Å²) in [5.74, 6) is 0.755. The molecule has 1 rings (SSSR count). The van der Waals surface area contributed by atoms with Crippen molar-refractivity contribution in [1.29, 1.82) is 0 Å². The summed E-state index contributed by atoms with van der Waals surface area (Å²) in [4.78, 5) is 13.8. The van der Waals surface area contributed by atoms with Crippen LogP contribution >= 0.6 is 0 Å². The molecule has 0 bridgehead atoms. The molecule has 1 aliphatic rings. The number of urea groups is 1. The van der Waals surface area contributed by atoms with E-state index in [4.69, 9.17) is 4.74 Å². The van der Waals surface area contributed by atoms with Gasteiger partial charge >= 0.3 is 6.03 Å². The third-order valence-corrected chi connectivity index (χ3v) is 3.26. The molecule has 4 heteroatoms. The Kier molecular flexibility index (Phi) is 5.60. The SMILES string of the molecule is CCC(COC)NC(=O)N1CCC(C)CC1. The fourth-order valence-electron chi connectivity index (χ4n) is 1.94. The van der Waals surface area contributed by atoms with E-state index in [0.29, 0.717) is 6.61 Å². The second-order valence-electron chi connectivity index (χ2n) is 4.68. The van der Waals surface area contributed by atoms with Gasteiger partial charge in [0.2, 0.25) is 0 Å². The van der Waals surface area contributed by atoms with Crippen LogP contribution in [0.4, 0.5) is 4.79 Å². The van der Waals surface area contributed by atoms with Crippen molar-refractivity contribution in [2.24, 2.45) is 5.92 Å². The van der Waals surface area contributed by atoms with Crippen LogP contribution in [-0.4, -0.2) is 43.8 Å². The van der Waals surface area contributed by atoms with Gasteiger partial charge in [0.15, 0.2) is 0 Å². The molecule has 0 aromatic rings. The number of amides is 2. The highest BCUT2D eigenvalue weighted by molar-refractivity contribution is 5.74. The summed E-state index contributed by atoms with van der Waals surface area (Å²) in [6.45, 7) is 6.66. The van der Waals surface area contributed by atoms with Crippen LogP contribution in [0.2, 0.25) is 0 Å². The van der Waals surface area contributed by atoms with Gasteiger partial charge in [-0.3, -0.25) is 0 Å². The number of piperidine rings is 1. The molecule has 94 valence electrons. The summed E-state index contributed by atoms with van der Waals surface area (Å²) >= 11 is 0. The number of nitrogens with one attached hydrogen (secondary N) is 1. The summed E-state index contributed by atoms with van der Waals surface area (Å²) < 4.78 is 5.07. The van der Waals surface area contributed by atoms with Crippen molar-refractivity contribution >= 4 is 6.03 Å². The normalized spacial score (nSPS) is 19.6. The standard InChI is InChI=1S/C12H24N2O2/c1-4-11(9-16-3)13-12(15)14-7-5-10(2)6-8-14/h10-11H,4-9H2,1-3H3,(H,13,15). The number of carbonyl (C=O) groups is 1. The Labute approximate surface area is 98.3 Å². The molecule has 1 fully saturated rings. The lowest BCUT2D eigenvalue weighted by Gasteiger charge is -2.31. The summed E-state index contributed by atoms with van der Waals surface area (Å²) in [5.41, 5.74) is 0. The van der Waals surface area contributed by atoms with Crippen LogP contribution in [0.1, 0.15) is 33.1 Å². The Hall–Kier alpha value is -0.770. The van der Waals surface area contributed by atoms with Gasteiger partial charge in [-0.2, -0.15) is 0 Å². The van der Waals surface area contributed by atoms with Crippen LogP contribution in [0.15, 0.2) is 0 Å². The summed E-state index contributed by atoms with van der Waals surface area (Å²) in [6.07, 6.45) is 3.15. The number of methoxy groups -OCH3 is 1. The highest BCUT2D eigenvalue weighted by atomic mass is 16.5. The van der Waals surface area contributed by atoms with Crippen molar-refractivity contribution in [2.75, 3.05) is 26.8 Å². The average Bonchev–Trinajstić information content (AvgIpc) is 2.29. The monoisotopic (exact) mass is 228 g/mol. The fourth-order valence-corrected chi connectivity index (χ4v) is 1.94. The van der Waals surface area contributed by atoms with Gasteiger partial charge < -0.3 is 15.0 Å². The first-order valence-corrected chi connectivity index (χ1v) is 6.21. The molecule has 0 spiro atoms. The third-order valence-electron chi connectivity index (χ3n) is 3.26. The molecule has 1 heterocycles. The molecule has 16 heavy (non-hydrogen) atoms. The minimum Gasteiger partial charge on any atom is -0.383 e. The van der Waals surface area contributed by atoms with Crippen LogP contribution in [0.5, 0.6) is 0 Å². The van der Waals surface area contributed by atoms with Crippen molar-refractivity contribution in [3.8, 4) is 0 Å². The number of hydrogen-bond acceptors (Lipinski definition) is 2. The molecule has 0 aromatic heterocycles. The Morgan fingerprint density at radius 1 is 1.50 bits per heavy atom. The zero-order valence-corrected chi connectivity index (χ0v) is 10.7. The third kappa shape index (κ3) is 4.00. The smallest absolute Gasteiger partial charge is 0.317 e. The number of rotatable bonds is 4. The number of likely N-dealkylation sites (tertiary alicyclic amines) is 1. The number of ether oxygens (including phenoxy) is 1. The van der Waals surface area contributed by atoms with Crippen LogP contribution in [-0.2, 0) is 4.74 Å². The van der Waals surface area contributed by atoms with Crippen molar-refractivity contribution in [3.63, 3.8) is 0 Å². The van der Waals surface area contributed by atoms with Crippen molar-refractivity contribution in [2.45, 2.75) is 39.2 Å². The number of nitrogens with zero attached hydrogens (tertiary/aromatic N) is 1.